The molecule has 1 aromatic carbocycles. The minimum Gasteiger partial charge on any atom is -0.478 e. The molecule has 24 heavy (non-hydrogen) atoms. The fourth-order valence-corrected chi connectivity index (χ4v) is 2.91. The Kier molecular flexibility index (Phi) is 4.79. The first-order chi connectivity index (χ1) is 11.6. The van der Waals surface area contributed by atoms with Crippen molar-refractivity contribution in [2.24, 2.45) is 0 Å². The van der Waals surface area contributed by atoms with Gasteiger partial charge < -0.3 is 19.9 Å². The molecule has 2 amide bonds. The molecular weight excluding hydrogens is 308 g/mol. The summed E-state index contributed by atoms with van der Waals surface area (Å²) in [5.74, 6) is -0.952. The minimum atomic E-state index is -0.952. The summed E-state index contributed by atoms with van der Waals surface area (Å²) in [5, 5.41) is 11.8. The van der Waals surface area contributed by atoms with E-state index in [0.29, 0.717) is 25.7 Å². The summed E-state index contributed by atoms with van der Waals surface area (Å²) in [7, 11) is 0. The van der Waals surface area contributed by atoms with Gasteiger partial charge in [0, 0.05) is 38.1 Å². The van der Waals surface area contributed by atoms with E-state index in [9.17, 15) is 9.59 Å². The lowest BCUT2D eigenvalue weighted by Crippen LogP contribution is -2.44. The lowest BCUT2D eigenvalue weighted by atomic mass is 10.1. The predicted octanol–water partition coefficient (Wildman–Crippen LogP) is 2.13. The van der Waals surface area contributed by atoms with Crippen molar-refractivity contribution < 1.29 is 14.7 Å². The third-order valence-electron chi connectivity index (χ3n) is 4.34. The van der Waals surface area contributed by atoms with Crippen LogP contribution in [0.25, 0.3) is 0 Å². The molecule has 2 heterocycles. The van der Waals surface area contributed by atoms with Gasteiger partial charge in [0.1, 0.15) is 0 Å². The molecule has 1 aromatic heterocycles. The number of carboxylic acid groups (broad SMARTS) is 1. The SMILES string of the molecule is O=C(O)c1ccc(CNC(=O)N2CCC(n3ccnc3)CC2)cc1. The van der Waals surface area contributed by atoms with Crippen LogP contribution in [0.1, 0.15) is 34.8 Å². The van der Waals surface area contributed by atoms with Crippen LogP contribution < -0.4 is 5.32 Å². The van der Waals surface area contributed by atoms with Crippen LogP contribution in [-0.2, 0) is 6.54 Å². The molecule has 0 bridgehead atoms. The Balaban J connectivity index is 1.46. The number of urea groups is 1. The summed E-state index contributed by atoms with van der Waals surface area (Å²) >= 11 is 0. The van der Waals surface area contributed by atoms with Gasteiger partial charge in [-0.3, -0.25) is 0 Å². The number of nitrogens with one attached hydrogen (secondary N) is 1. The van der Waals surface area contributed by atoms with Crippen LogP contribution in [-0.4, -0.2) is 44.6 Å². The molecule has 1 aliphatic heterocycles. The molecule has 1 saturated heterocycles. The fourth-order valence-electron chi connectivity index (χ4n) is 2.91. The lowest BCUT2D eigenvalue weighted by Gasteiger charge is -2.32. The molecule has 0 radical (unpaired) electrons. The van der Waals surface area contributed by atoms with Crippen molar-refractivity contribution in [2.75, 3.05) is 13.1 Å². The summed E-state index contributed by atoms with van der Waals surface area (Å²) in [4.78, 5) is 28.9. The number of carbonyl (C=O) groups is 2. The summed E-state index contributed by atoms with van der Waals surface area (Å²) in [5.41, 5.74) is 1.12. The minimum absolute atomic E-state index is 0.0820. The second kappa shape index (κ2) is 7.16. The third-order valence-corrected chi connectivity index (χ3v) is 4.34. The van der Waals surface area contributed by atoms with Gasteiger partial charge in [0.2, 0.25) is 0 Å². The Labute approximate surface area is 139 Å². The molecule has 1 fully saturated rings. The average Bonchev–Trinajstić information content (AvgIpc) is 3.15. The maximum Gasteiger partial charge on any atom is 0.335 e. The molecule has 0 aliphatic carbocycles. The second-order valence-electron chi connectivity index (χ2n) is 5.89. The van der Waals surface area contributed by atoms with E-state index < -0.39 is 5.97 Å². The maximum absolute atomic E-state index is 12.2. The number of rotatable bonds is 4. The molecule has 7 heteroatoms. The van der Waals surface area contributed by atoms with Crippen molar-refractivity contribution in [2.45, 2.75) is 25.4 Å². The number of aromatic carboxylic acids is 1. The molecular formula is C17H20N4O3. The first-order valence-corrected chi connectivity index (χ1v) is 7.96. The van der Waals surface area contributed by atoms with Gasteiger partial charge in [-0.2, -0.15) is 0 Å². The number of nitrogens with zero attached hydrogens (tertiary/aromatic N) is 3. The van der Waals surface area contributed by atoms with Gasteiger partial charge in [-0.15, -0.1) is 0 Å². The molecule has 2 N–H and O–H groups in total. The van der Waals surface area contributed by atoms with Gasteiger partial charge in [0.05, 0.1) is 11.9 Å². The van der Waals surface area contributed by atoms with Gasteiger partial charge in [0.15, 0.2) is 0 Å². The van der Waals surface area contributed by atoms with E-state index in [1.54, 1.807) is 30.5 Å². The van der Waals surface area contributed by atoms with Crippen LogP contribution in [0.5, 0.6) is 0 Å². The van der Waals surface area contributed by atoms with Crippen LogP contribution in [0.2, 0.25) is 0 Å². The van der Waals surface area contributed by atoms with E-state index in [2.05, 4.69) is 14.9 Å². The fraction of sp³-hybridized carbons (Fsp3) is 0.353. The Morgan fingerprint density at radius 2 is 1.92 bits per heavy atom. The third kappa shape index (κ3) is 3.73. The van der Waals surface area contributed by atoms with E-state index >= 15 is 0 Å². The quantitative estimate of drug-likeness (QED) is 0.900. The number of carbonyl (C=O) groups excluding carboxylic acids is 1. The van der Waals surface area contributed by atoms with Crippen LogP contribution in [0.15, 0.2) is 43.0 Å². The molecule has 0 saturated carbocycles. The van der Waals surface area contributed by atoms with E-state index in [0.717, 1.165) is 18.4 Å². The van der Waals surface area contributed by atoms with Crippen molar-refractivity contribution in [3.05, 3.63) is 54.1 Å². The maximum atomic E-state index is 12.2. The van der Waals surface area contributed by atoms with E-state index in [4.69, 9.17) is 5.11 Å². The molecule has 7 nitrogen and oxygen atoms in total. The van der Waals surface area contributed by atoms with Gasteiger partial charge in [0.25, 0.3) is 0 Å². The monoisotopic (exact) mass is 328 g/mol. The Morgan fingerprint density at radius 3 is 2.50 bits per heavy atom. The van der Waals surface area contributed by atoms with Crippen molar-refractivity contribution in [3.8, 4) is 0 Å². The molecule has 0 unspecified atom stereocenters. The van der Waals surface area contributed by atoms with Gasteiger partial charge in [-0.05, 0) is 30.5 Å². The number of imidazole rings is 1. The van der Waals surface area contributed by atoms with Crippen molar-refractivity contribution in [1.29, 1.82) is 0 Å². The van der Waals surface area contributed by atoms with Crippen molar-refractivity contribution in [1.82, 2.24) is 19.8 Å². The number of aromatic nitrogens is 2. The predicted molar refractivity (Wildman–Crippen MR) is 87.7 cm³/mol. The number of likely N-dealkylation sites (tertiary alicyclic amines) is 1. The highest BCUT2D eigenvalue weighted by atomic mass is 16.4. The molecule has 1 aliphatic rings. The number of amides is 2. The highest BCUT2D eigenvalue weighted by Crippen LogP contribution is 2.21. The molecule has 0 atom stereocenters. The molecule has 126 valence electrons. The summed E-state index contributed by atoms with van der Waals surface area (Å²) in [6.45, 7) is 1.82. The normalized spacial score (nSPS) is 15.2. The number of carboxylic acids is 1. The highest BCUT2D eigenvalue weighted by molar-refractivity contribution is 5.87. The zero-order valence-electron chi connectivity index (χ0n) is 13.3. The standard InChI is InChI=1S/C17H20N4O3/c22-16(23)14-3-1-13(2-4-14)11-19-17(24)20-8-5-15(6-9-20)21-10-7-18-12-21/h1-4,7,10,12,15H,5-6,8-9,11H2,(H,19,24)(H,22,23). The number of hydrogen-bond donors (Lipinski definition) is 2. The van der Waals surface area contributed by atoms with E-state index in [1.165, 1.54) is 0 Å². The van der Waals surface area contributed by atoms with Crippen molar-refractivity contribution >= 4 is 12.0 Å². The summed E-state index contributed by atoms with van der Waals surface area (Å²) in [6.07, 6.45) is 7.38. The second-order valence-corrected chi connectivity index (χ2v) is 5.89. The average molecular weight is 328 g/mol. The lowest BCUT2D eigenvalue weighted by molar-refractivity contribution is 0.0697. The highest BCUT2D eigenvalue weighted by Gasteiger charge is 2.23. The Bertz CT molecular complexity index is 689. The molecule has 0 spiro atoms. The Morgan fingerprint density at radius 1 is 1.21 bits per heavy atom. The van der Waals surface area contributed by atoms with E-state index in [-0.39, 0.29) is 11.6 Å². The van der Waals surface area contributed by atoms with Gasteiger partial charge in [-0.25, -0.2) is 14.6 Å². The van der Waals surface area contributed by atoms with Gasteiger partial charge in [-0.1, -0.05) is 12.1 Å². The Hall–Kier alpha value is -2.83. The van der Waals surface area contributed by atoms with Crippen molar-refractivity contribution in [3.63, 3.8) is 0 Å². The van der Waals surface area contributed by atoms with Gasteiger partial charge >= 0.3 is 12.0 Å². The number of benzene rings is 1. The smallest absolute Gasteiger partial charge is 0.335 e. The zero-order valence-corrected chi connectivity index (χ0v) is 13.3. The summed E-state index contributed by atoms with van der Waals surface area (Å²) in [6, 6.07) is 6.84. The summed E-state index contributed by atoms with van der Waals surface area (Å²) < 4.78 is 2.10. The van der Waals surface area contributed by atoms with Crippen LogP contribution in [0.3, 0.4) is 0 Å². The molecule has 2 aromatic rings. The largest absolute Gasteiger partial charge is 0.478 e. The van der Waals surface area contributed by atoms with Crippen LogP contribution >= 0.6 is 0 Å². The number of hydrogen-bond acceptors (Lipinski definition) is 3. The zero-order chi connectivity index (χ0) is 16.9. The molecule has 3 rings (SSSR count). The van der Waals surface area contributed by atoms with Crippen LogP contribution in [0, 0.1) is 0 Å². The number of piperidine rings is 1. The van der Waals surface area contributed by atoms with E-state index in [1.807, 2.05) is 17.4 Å². The topological polar surface area (TPSA) is 87.5 Å². The first-order valence-electron chi connectivity index (χ1n) is 7.96. The first kappa shape index (κ1) is 16.0. The van der Waals surface area contributed by atoms with Crippen LogP contribution in [0.4, 0.5) is 4.79 Å².